The molecular weight excluding hydrogens is 444 g/mol. The van der Waals surface area contributed by atoms with E-state index in [1.807, 2.05) is 0 Å². The molecule has 0 saturated carbocycles. The number of hydrogen-bond donors (Lipinski definition) is 0. The summed E-state index contributed by atoms with van der Waals surface area (Å²) in [7, 11) is 4.21. The van der Waals surface area contributed by atoms with E-state index in [1.54, 1.807) is 31.3 Å². The highest BCUT2D eigenvalue weighted by atomic mass is 32.2. The molecule has 9 nitrogen and oxygen atoms in total. The number of rotatable bonds is 6. The van der Waals surface area contributed by atoms with Crippen molar-refractivity contribution in [2.75, 3.05) is 21.3 Å². The highest BCUT2D eigenvalue weighted by Gasteiger charge is 2.28. The van der Waals surface area contributed by atoms with Crippen molar-refractivity contribution in [2.24, 2.45) is 0 Å². The minimum Gasteiger partial charge on any atom is -0.493 e. The van der Waals surface area contributed by atoms with Gasteiger partial charge in [0.15, 0.2) is 11.5 Å². The molecule has 0 radical (unpaired) electrons. The van der Waals surface area contributed by atoms with Crippen molar-refractivity contribution in [2.45, 2.75) is 0 Å². The fraction of sp³-hybridized carbons (Fsp3) is 0.150. The van der Waals surface area contributed by atoms with Crippen molar-refractivity contribution in [1.82, 2.24) is 4.90 Å². The SMILES string of the molecule is COC(=O)c1ccc(Oc2ccc(/C=C3/SC(=S)N(C)C3=O)cc2OC)c([N+](=O)[O-])c1. The van der Waals surface area contributed by atoms with E-state index in [9.17, 15) is 19.7 Å². The van der Waals surface area contributed by atoms with Gasteiger partial charge in [-0.3, -0.25) is 19.8 Å². The van der Waals surface area contributed by atoms with Crippen molar-refractivity contribution in [3.63, 3.8) is 0 Å². The van der Waals surface area contributed by atoms with Crippen LogP contribution in [0.1, 0.15) is 15.9 Å². The molecule has 0 atom stereocenters. The van der Waals surface area contributed by atoms with Crippen LogP contribution in [0.2, 0.25) is 0 Å². The maximum Gasteiger partial charge on any atom is 0.338 e. The van der Waals surface area contributed by atoms with Gasteiger partial charge in [-0.2, -0.15) is 0 Å². The van der Waals surface area contributed by atoms with Crippen LogP contribution < -0.4 is 9.47 Å². The second-order valence-corrected chi connectivity index (χ2v) is 7.86. The summed E-state index contributed by atoms with van der Waals surface area (Å²) in [6.07, 6.45) is 1.67. The second kappa shape index (κ2) is 9.14. The highest BCUT2D eigenvalue weighted by Crippen LogP contribution is 2.38. The fourth-order valence-electron chi connectivity index (χ4n) is 2.66. The van der Waals surface area contributed by atoms with E-state index in [2.05, 4.69) is 4.74 Å². The van der Waals surface area contributed by atoms with E-state index in [0.717, 1.165) is 6.07 Å². The van der Waals surface area contributed by atoms with Crippen molar-refractivity contribution >= 4 is 51.9 Å². The second-order valence-electron chi connectivity index (χ2n) is 6.18. The first-order chi connectivity index (χ1) is 14.7. The Bertz CT molecular complexity index is 1130. The molecular formula is C20H16N2O7S2. The van der Waals surface area contributed by atoms with Gasteiger partial charge in [-0.05, 0) is 35.9 Å². The summed E-state index contributed by atoms with van der Waals surface area (Å²) in [4.78, 5) is 36.5. The number of nitro groups is 1. The first-order valence-corrected chi connectivity index (χ1v) is 9.91. The zero-order valence-electron chi connectivity index (χ0n) is 16.6. The van der Waals surface area contributed by atoms with E-state index in [0.29, 0.717) is 20.5 Å². The van der Waals surface area contributed by atoms with Gasteiger partial charge >= 0.3 is 11.7 Å². The third kappa shape index (κ3) is 4.67. The summed E-state index contributed by atoms with van der Waals surface area (Å²) in [6, 6.07) is 8.62. The van der Waals surface area contributed by atoms with Gasteiger partial charge < -0.3 is 14.2 Å². The summed E-state index contributed by atoms with van der Waals surface area (Å²) in [5.74, 6) is -0.455. The summed E-state index contributed by atoms with van der Waals surface area (Å²) in [5.41, 5.74) is 0.284. The van der Waals surface area contributed by atoms with Crippen molar-refractivity contribution < 1.29 is 28.7 Å². The molecule has 0 aliphatic carbocycles. The number of nitro benzene ring substituents is 1. The molecule has 11 heteroatoms. The minimum atomic E-state index is -0.700. The molecule has 31 heavy (non-hydrogen) atoms. The largest absolute Gasteiger partial charge is 0.493 e. The van der Waals surface area contributed by atoms with E-state index in [4.69, 9.17) is 21.7 Å². The molecule has 1 heterocycles. The quantitative estimate of drug-likeness (QED) is 0.208. The Kier molecular flexibility index (Phi) is 6.56. The minimum absolute atomic E-state index is 0.0251. The molecule has 2 aromatic carbocycles. The average Bonchev–Trinajstić information content (AvgIpc) is 3.00. The maximum absolute atomic E-state index is 12.2. The van der Waals surface area contributed by atoms with Gasteiger partial charge in [-0.15, -0.1) is 0 Å². The van der Waals surface area contributed by atoms with Gasteiger partial charge in [0, 0.05) is 13.1 Å². The monoisotopic (exact) mass is 460 g/mol. The van der Waals surface area contributed by atoms with Crippen molar-refractivity contribution in [1.29, 1.82) is 0 Å². The summed E-state index contributed by atoms with van der Waals surface area (Å²) < 4.78 is 16.1. The molecule has 3 rings (SSSR count). The maximum atomic E-state index is 12.2. The van der Waals surface area contributed by atoms with Crippen molar-refractivity contribution in [3.05, 3.63) is 62.5 Å². The number of nitrogens with zero attached hydrogens (tertiary/aromatic N) is 2. The Morgan fingerprint density at radius 1 is 1.16 bits per heavy atom. The summed E-state index contributed by atoms with van der Waals surface area (Å²) >= 11 is 6.31. The number of carbonyl (C=O) groups is 2. The van der Waals surface area contributed by atoms with Gasteiger partial charge in [-0.25, -0.2) is 4.79 Å². The fourth-order valence-corrected chi connectivity index (χ4v) is 3.84. The molecule has 0 spiro atoms. The number of ether oxygens (including phenoxy) is 3. The molecule has 1 fully saturated rings. The first kappa shape index (κ1) is 22.2. The number of methoxy groups -OCH3 is 2. The van der Waals surface area contributed by atoms with Crippen LogP contribution in [0.15, 0.2) is 41.3 Å². The lowest BCUT2D eigenvalue weighted by molar-refractivity contribution is -0.385. The number of carbonyl (C=O) groups excluding carboxylic acids is 2. The van der Waals surface area contributed by atoms with Gasteiger partial charge in [0.1, 0.15) is 4.32 Å². The number of hydrogen-bond acceptors (Lipinski definition) is 9. The Morgan fingerprint density at radius 3 is 2.45 bits per heavy atom. The molecule has 1 amide bonds. The average molecular weight is 460 g/mol. The third-order valence-electron chi connectivity index (χ3n) is 4.27. The summed E-state index contributed by atoms with van der Waals surface area (Å²) in [6.45, 7) is 0. The standard InChI is InChI=1S/C20H16N2O7S2/c1-21-18(23)17(31-20(21)30)9-11-4-6-15(16(8-11)27-2)29-14-7-5-12(19(24)28-3)10-13(14)22(25)26/h4-10H,1-3H3/b17-9+. The number of amides is 1. The smallest absolute Gasteiger partial charge is 0.338 e. The molecule has 0 aromatic heterocycles. The molecule has 1 aliphatic heterocycles. The van der Waals surface area contributed by atoms with E-state index < -0.39 is 16.6 Å². The van der Waals surface area contributed by atoms with E-state index >= 15 is 0 Å². The van der Waals surface area contributed by atoms with Crippen LogP contribution in [0, 0.1) is 10.1 Å². The Labute approximate surface area is 186 Å². The topological polar surface area (TPSA) is 108 Å². The lowest BCUT2D eigenvalue weighted by Crippen LogP contribution is -2.22. The first-order valence-electron chi connectivity index (χ1n) is 8.69. The zero-order chi connectivity index (χ0) is 22.7. The molecule has 1 saturated heterocycles. The number of thiocarbonyl (C=S) groups is 1. The van der Waals surface area contributed by atoms with Gasteiger partial charge in [0.05, 0.1) is 29.6 Å². The van der Waals surface area contributed by atoms with Crippen molar-refractivity contribution in [3.8, 4) is 17.2 Å². The highest BCUT2D eigenvalue weighted by molar-refractivity contribution is 8.26. The predicted octanol–water partition coefficient (Wildman–Crippen LogP) is 4.01. The Morgan fingerprint density at radius 2 is 1.87 bits per heavy atom. The van der Waals surface area contributed by atoms with Crippen LogP contribution in [0.4, 0.5) is 5.69 Å². The van der Waals surface area contributed by atoms with Crippen LogP contribution in [-0.4, -0.2) is 47.3 Å². The number of thioether (sulfide) groups is 1. The zero-order valence-corrected chi connectivity index (χ0v) is 18.2. The molecule has 2 aromatic rings. The molecule has 0 N–H and O–H groups in total. The van der Waals surface area contributed by atoms with Crippen LogP contribution in [-0.2, 0) is 9.53 Å². The van der Waals surface area contributed by atoms with Crippen LogP contribution in [0.3, 0.4) is 0 Å². The molecule has 0 bridgehead atoms. The normalized spacial score (nSPS) is 14.7. The van der Waals surface area contributed by atoms with Gasteiger partial charge in [-0.1, -0.05) is 30.0 Å². The molecule has 0 unspecified atom stereocenters. The Hall–Kier alpha value is -3.44. The lowest BCUT2D eigenvalue weighted by atomic mass is 10.1. The lowest BCUT2D eigenvalue weighted by Gasteiger charge is -2.12. The number of benzene rings is 2. The predicted molar refractivity (Wildman–Crippen MR) is 118 cm³/mol. The Balaban J connectivity index is 1.93. The number of likely N-dealkylation sites (N-methyl/N-ethyl adjacent to an activating group) is 1. The summed E-state index contributed by atoms with van der Waals surface area (Å²) in [5, 5.41) is 11.4. The van der Waals surface area contributed by atoms with Gasteiger partial charge in [0.25, 0.3) is 5.91 Å². The van der Waals surface area contributed by atoms with Crippen LogP contribution >= 0.6 is 24.0 Å². The number of esters is 1. The van der Waals surface area contributed by atoms with Crippen LogP contribution in [0.25, 0.3) is 6.08 Å². The third-order valence-corrected chi connectivity index (χ3v) is 5.75. The molecule has 160 valence electrons. The van der Waals surface area contributed by atoms with E-state index in [1.165, 1.54) is 43.0 Å². The van der Waals surface area contributed by atoms with Gasteiger partial charge in [0.2, 0.25) is 5.75 Å². The molecule has 1 aliphatic rings. The van der Waals surface area contributed by atoms with Crippen LogP contribution in [0.5, 0.6) is 17.2 Å². The van der Waals surface area contributed by atoms with E-state index in [-0.39, 0.29) is 23.0 Å².